The lowest BCUT2D eigenvalue weighted by atomic mass is 9.85. The number of anilines is 4. The molecule has 1 aliphatic heterocycles. The van der Waals surface area contributed by atoms with Crippen molar-refractivity contribution in [3.05, 3.63) is 35.5 Å². The fourth-order valence-corrected chi connectivity index (χ4v) is 4.28. The van der Waals surface area contributed by atoms with Crippen molar-refractivity contribution in [2.75, 3.05) is 61.8 Å². The van der Waals surface area contributed by atoms with Crippen molar-refractivity contribution in [3.8, 4) is 0 Å². The molecule has 2 fully saturated rings. The van der Waals surface area contributed by atoms with Crippen molar-refractivity contribution in [2.45, 2.75) is 38.8 Å². The van der Waals surface area contributed by atoms with Crippen molar-refractivity contribution in [2.24, 2.45) is 5.92 Å². The van der Waals surface area contributed by atoms with E-state index in [0.717, 1.165) is 68.6 Å². The van der Waals surface area contributed by atoms with Crippen molar-refractivity contribution >= 4 is 29.0 Å². The molecule has 0 unspecified atom stereocenters. The molecule has 1 amide bonds. The third-order valence-electron chi connectivity index (χ3n) is 6.84. The molecule has 1 aromatic heterocycles. The van der Waals surface area contributed by atoms with Gasteiger partial charge in [0, 0.05) is 62.8 Å². The summed E-state index contributed by atoms with van der Waals surface area (Å²) in [6.45, 7) is 6.49. The summed E-state index contributed by atoms with van der Waals surface area (Å²) in [4.78, 5) is 24.5. The molecule has 8 nitrogen and oxygen atoms in total. The molecule has 2 heterocycles. The van der Waals surface area contributed by atoms with E-state index in [1.165, 1.54) is 0 Å². The Morgan fingerprint density at radius 3 is 2.53 bits per heavy atom. The fraction of sp³-hybridized carbons (Fsp3) is 0.560. The van der Waals surface area contributed by atoms with Gasteiger partial charge in [0.25, 0.3) is 0 Å². The van der Waals surface area contributed by atoms with Gasteiger partial charge in [0.15, 0.2) is 0 Å². The summed E-state index contributed by atoms with van der Waals surface area (Å²) in [5, 5.41) is 8.68. The fourth-order valence-electron chi connectivity index (χ4n) is 4.28. The first kappa shape index (κ1) is 26.0. The minimum absolute atomic E-state index is 0.0276. The lowest BCUT2D eigenvalue weighted by Gasteiger charge is -2.34. The van der Waals surface area contributed by atoms with Gasteiger partial charge in [-0.3, -0.25) is 4.79 Å². The van der Waals surface area contributed by atoms with E-state index in [9.17, 15) is 18.0 Å². The Hall–Kier alpha value is -3.08. The predicted molar refractivity (Wildman–Crippen MR) is 135 cm³/mol. The molecule has 4 rings (SSSR count). The second-order valence-electron chi connectivity index (χ2n) is 9.57. The Morgan fingerprint density at radius 2 is 1.89 bits per heavy atom. The number of piperazine rings is 1. The molecular formula is C25H34F3N7O. The Kier molecular flexibility index (Phi) is 8.17. The third-order valence-corrected chi connectivity index (χ3v) is 6.84. The van der Waals surface area contributed by atoms with Crippen LogP contribution in [0.15, 0.2) is 24.4 Å². The van der Waals surface area contributed by atoms with E-state index in [4.69, 9.17) is 0 Å². The number of aryl methyl sites for hydroxylation is 1. The monoisotopic (exact) mass is 505 g/mol. The van der Waals surface area contributed by atoms with E-state index >= 15 is 0 Å². The van der Waals surface area contributed by atoms with Crippen LogP contribution in [0.3, 0.4) is 0 Å². The summed E-state index contributed by atoms with van der Waals surface area (Å²) in [7, 11) is 2.11. The highest BCUT2D eigenvalue weighted by Gasteiger charge is 2.35. The highest BCUT2D eigenvalue weighted by Crippen LogP contribution is 2.34. The van der Waals surface area contributed by atoms with Crippen molar-refractivity contribution in [3.63, 3.8) is 0 Å². The number of aromatic nitrogens is 2. The number of rotatable bonds is 9. The minimum Gasteiger partial charge on any atom is -0.369 e. The van der Waals surface area contributed by atoms with E-state index in [1.54, 1.807) is 0 Å². The van der Waals surface area contributed by atoms with Crippen molar-refractivity contribution in [1.29, 1.82) is 0 Å². The van der Waals surface area contributed by atoms with Gasteiger partial charge in [-0.2, -0.15) is 18.2 Å². The Labute approximate surface area is 209 Å². The van der Waals surface area contributed by atoms with Crippen LogP contribution >= 0.6 is 0 Å². The topological polar surface area (TPSA) is 85.4 Å². The zero-order chi connectivity index (χ0) is 25.7. The van der Waals surface area contributed by atoms with Crippen LogP contribution < -0.4 is 20.9 Å². The molecule has 1 aliphatic carbocycles. The number of likely N-dealkylation sites (N-methyl/N-ethyl adjacent to an activating group) is 1. The van der Waals surface area contributed by atoms with Crippen LogP contribution in [-0.2, 0) is 11.0 Å². The molecule has 11 heteroatoms. The van der Waals surface area contributed by atoms with E-state index in [2.05, 4.69) is 48.8 Å². The van der Waals surface area contributed by atoms with E-state index < -0.39 is 11.7 Å². The quantitative estimate of drug-likeness (QED) is 0.444. The molecule has 1 saturated carbocycles. The molecule has 1 aromatic carbocycles. The van der Waals surface area contributed by atoms with Gasteiger partial charge >= 0.3 is 6.18 Å². The van der Waals surface area contributed by atoms with Crippen LogP contribution in [0, 0.1) is 12.8 Å². The standard InChI is InChI=1S/C25H34F3N7O/c1-17-15-19(35-13-11-34(2)12-14-35)7-8-21(17)32-24-31-16-20(25(26,27)28)22(33-24)29-9-4-10-30-23(36)18-5-3-6-18/h7-8,15-16,18H,3-6,9-14H2,1-2H3,(H,30,36)(H2,29,31,32,33). The molecule has 2 aromatic rings. The van der Waals surface area contributed by atoms with Crippen LogP contribution in [0.2, 0.25) is 0 Å². The second kappa shape index (κ2) is 11.3. The number of halogens is 3. The van der Waals surface area contributed by atoms with Crippen LogP contribution in [0.25, 0.3) is 0 Å². The smallest absolute Gasteiger partial charge is 0.369 e. The summed E-state index contributed by atoms with van der Waals surface area (Å²) in [6, 6.07) is 5.97. The number of carbonyl (C=O) groups excluding carboxylic acids is 1. The molecule has 0 atom stereocenters. The molecule has 196 valence electrons. The van der Waals surface area contributed by atoms with Gasteiger partial charge in [-0.05, 0) is 57.0 Å². The number of nitrogens with zero attached hydrogens (tertiary/aromatic N) is 4. The first-order valence-electron chi connectivity index (χ1n) is 12.5. The van der Waals surface area contributed by atoms with Gasteiger partial charge in [-0.15, -0.1) is 0 Å². The molecule has 2 aliphatic rings. The highest BCUT2D eigenvalue weighted by atomic mass is 19.4. The van der Waals surface area contributed by atoms with E-state index in [-0.39, 0.29) is 30.1 Å². The van der Waals surface area contributed by atoms with Gasteiger partial charge in [0.2, 0.25) is 11.9 Å². The van der Waals surface area contributed by atoms with Gasteiger partial charge in [-0.1, -0.05) is 6.42 Å². The SMILES string of the molecule is Cc1cc(N2CCN(C)CC2)ccc1Nc1ncc(C(F)(F)F)c(NCCCNC(=O)C2CCC2)n1. The number of amides is 1. The second-order valence-corrected chi connectivity index (χ2v) is 9.57. The summed E-state index contributed by atoms with van der Waals surface area (Å²) in [6.07, 6.45) is -0.413. The summed E-state index contributed by atoms with van der Waals surface area (Å²) < 4.78 is 40.6. The zero-order valence-corrected chi connectivity index (χ0v) is 20.8. The molecule has 0 spiro atoms. The van der Waals surface area contributed by atoms with Gasteiger partial charge in [-0.25, -0.2) is 4.98 Å². The van der Waals surface area contributed by atoms with Crippen LogP contribution in [0.1, 0.15) is 36.8 Å². The number of benzene rings is 1. The number of alkyl halides is 3. The maximum atomic E-state index is 13.5. The number of hydrogen-bond acceptors (Lipinski definition) is 7. The summed E-state index contributed by atoms with van der Waals surface area (Å²) in [5.41, 5.74) is 1.88. The average molecular weight is 506 g/mol. The first-order chi connectivity index (χ1) is 17.2. The zero-order valence-electron chi connectivity index (χ0n) is 20.8. The van der Waals surface area contributed by atoms with Crippen LogP contribution in [0.5, 0.6) is 0 Å². The highest BCUT2D eigenvalue weighted by molar-refractivity contribution is 5.79. The van der Waals surface area contributed by atoms with E-state index in [0.29, 0.717) is 13.0 Å². The Balaban J connectivity index is 1.38. The summed E-state index contributed by atoms with van der Waals surface area (Å²) >= 11 is 0. The number of carbonyl (C=O) groups is 1. The minimum atomic E-state index is -4.58. The van der Waals surface area contributed by atoms with Gasteiger partial charge in [0.1, 0.15) is 11.4 Å². The predicted octanol–water partition coefficient (Wildman–Crippen LogP) is 4.02. The molecule has 3 N–H and O–H groups in total. The first-order valence-corrected chi connectivity index (χ1v) is 12.5. The summed E-state index contributed by atoms with van der Waals surface area (Å²) in [5.74, 6) is -0.0830. The van der Waals surface area contributed by atoms with Crippen molar-refractivity contribution in [1.82, 2.24) is 20.2 Å². The number of hydrogen-bond donors (Lipinski definition) is 3. The van der Waals surface area contributed by atoms with Crippen LogP contribution in [0.4, 0.5) is 36.3 Å². The third kappa shape index (κ3) is 6.57. The molecule has 0 bridgehead atoms. The maximum absolute atomic E-state index is 13.5. The Morgan fingerprint density at radius 1 is 1.14 bits per heavy atom. The van der Waals surface area contributed by atoms with Crippen LogP contribution in [-0.4, -0.2) is 67.1 Å². The molecule has 36 heavy (non-hydrogen) atoms. The lowest BCUT2D eigenvalue weighted by molar-refractivity contribution is -0.137. The van der Waals surface area contributed by atoms with Crippen molar-refractivity contribution < 1.29 is 18.0 Å². The Bertz CT molecular complexity index is 1050. The number of nitrogens with one attached hydrogen (secondary N) is 3. The van der Waals surface area contributed by atoms with Gasteiger partial charge < -0.3 is 25.8 Å². The average Bonchev–Trinajstić information content (AvgIpc) is 2.79. The molecule has 0 radical (unpaired) electrons. The van der Waals surface area contributed by atoms with Gasteiger partial charge in [0.05, 0.1) is 0 Å². The normalized spacial score (nSPS) is 17.0. The maximum Gasteiger partial charge on any atom is 0.421 e. The van der Waals surface area contributed by atoms with E-state index in [1.807, 2.05) is 19.1 Å². The molecule has 1 saturated heterocycles. The largest absolute Gasteiger partial charge is 0.421 e. The lowest BCUT2D eigenvalue weighted by Crippen LogP contribution is -2.44. The molecular weight excluding hydrogens is 471 g/mol.